The summed E-state index contributed by atoms with van der Waals surface area (Å²) >= 11 is 0. The van der Waals surface area contributed by atoms with E-state index < -0.39 is 0 Å². The Morgan fingerprint density at radius 2 is 2.19 bits per heavy atom. The molecule has 0 saturated heterocycles. The fraction of sp³-hybridized carbons (Fsp3) is 0.438. The number of aromatic nitrogens is 2. The van der Waals surface area contributed by atoms with Crippen molar-refractivity contribution in [2.75, 3.05) is 11.9 Å². The first-order valence-electron chi connectivity index (χ1n) is 7.22. The molecule has 5 heteroatoms. The number of hydrogen-bond acceptors (Lipinski definition) is 3. The van der Waals surface area contributed by atoms with Gasteiger partial charge in [-0.15, -0.1) is 0 Å². The van der Waals surface area contributed by atoms with Crippen LogP contribution in [0.2, 0.25) is 0 Å². The monoisotopic (exact) mass is 290 g/mol. The van der Waals surface area contributed by atoms with E-state index in [1.807, 2.05) is 48.8 Å². The highest BCUT2D eigenvalue weighted by Gasteiger charge is 2.12. The maximum absolute atomic E-state index is 14.3. The molecular formula is C16H23FN4. The van der Waals surface area contributed by atoms with Crippen molar-refractivity contribution in [3.63, 3.8) is 0 Å². The number of rotatable bonds is 6. The normalized spacial score (nSPS) is 12.4. The predicted molar refractivity (Wildman–Crippen MR) is 83.7 cm³/mol. The largest absolute Gasteiger partial charge is 0.365 e. The maximum Gasteiger partial charge on any atom is 0.146 e. The number of halogens is 1. The Hall–Kier alpha value is -1.88. The van der Waals surface area contributed by atoms with E-state index in [1.54, 1.807) is 12.3 Å². The summed E-state index contributed by atoms with van der Waals surface area (Å²) in [4.78, 5) is 6.12. The van der Waals surface area contributed by atoms with E-state index >= 15 is 0 Å². The lowest BCUT2D eigenvalue weighted by Crippen LogP contribution is -2.22. The first kappa shape index (κ1) is 15.5. The zero-order valence-electron chi connectivity index (χ0n) is 12.9. The van der Waals surface area contributed by atoms with Crippen molar-refractivity contribution in [1.29, 1.82) is 0 Å². The van der Waals surface area contributed by atoms with Gasteiger partial charge in [-0.3, -0.25) is 0 Å². The first-order chi connectivity index (χ1) is 10.0. The van der Waals surface area contributed by atoms with Crippen molar-refractivity contribution in [3.8, 4) is 0 Å². The summed E-state index contributed by atoms with van der Waals surface area (Å²) in [6, 6.07) is 5.43. The van der Waals surface area contributed by atoms with Crippen LogP contribution in [0.4, 0.5) is 10.1 Å². The van der Waals surface area contributed by atoms with E-state index in [4.69, 9.17) is 5.73 Å². The second kappa shape index (κ2) is 6.72. The van der Waals surface area contributed by atoms with Gasteiger partial charge in [-0.2, -0.15) is 0 Å². The van der Waals surface area contributed by atoms with Crippen molar-refractivity contribution in [2.45, 2.75) is 32.4 Å². The van der Waals surface area contributed by atoms with Crippen LogP contribution in [-0.2, 0) is 20.0 Å². The van der Waals surface area contributed by atoms with Crippen LogP contribution in [0.15, 0.2) is 30.6 Å². The maximum atomic E-state index is 14.3. The van der Waals surface area contributed by atoms with E-state index in [0.29, 0.717) is 18.7 Å². The number of nitrogens with two attached hydrogens (primary N) is 1. The molecule has 1 atom stereocenters. The zero-order valence-corrected chi connectivity index (χ0v) is 12.9. The number of benzene rings is 1. The molecule has 0 saturated carbocycles. The lowest BCUT2D eigenvalue weighted by atomic mass is 10.0. The highest BCUT2D eigenvalue weighted by atomic mass is 19.1. The molecule has 2 aromatic rings. The summed E-state index contributed by atoms with van der Waals surface area (Å²) in [5.74, 6) is 0.682. The molecule has 0 aliphatic carbocycles. The number of hydrogen-bond donors (Lipinski definition) is 1. The van der Waals surface area contributed by atoms with Gasteiger partial charge in [0.25, 0.3) is 0 Å². The van der Waals surface area contributed by atoms with Crippen LogP contribution in [-0.4, -0.2) is 22.6 Å². The Kier molecular flexibility index (Phi) is 4.96. The van der Waals surface area contributed by atoms with Gasteiger partial charge in [0.15, 0.2) is 0 Å². The quantitative estimate of drug-likeness (QED) is 0.889. The molecule has 0 bridgehead atoms. The Balaban J connectivity index is 2.11. The van der Waals surface area contributed by atoms with E-state index in [2.05, 4.69) is 4.98 Å². The van der Waals surface area contributed by atoms with E-state index in [9.17, 15) is 4.39 Å². The van der Waals surface area contributed by atoms with E-state index in [-0.39, 0.29) is 11.9 Å². The lowest BCUT2D eigenvalue weighted by Gasteiger charge is -2.20. The molecule has 0 spiro atoms. The highest BCUT2D eigenvalue weighted by molar-refractivity contribution is 5.48. The molecule has 1 aromatic heterocycles. The van der Waals surface area contributed by atoms with Crippen LogP contribution >= 0.6 is 0 Å². The molecule has 1 aromatic carbocycles. The van der Waals surface area contributed by atoms with Gasteiger partial charge in [0.2, 0.25) is 0 Å². The van der Waals surface area contributed by atoms with Crippen molar-refractivity contribution in [3.05, 3.63) is 47.8 Å². The molecule has 114 valence electrons. The van der Waals surface area contributed by atoms with Crippen LogP contribution in [0.5, 0.6) is 0 Å². The van der Waals surface area contributed by atoms with Crippen LogP contribution in [0.25, 0.3) is 0 Å². The third-order valence-corrected chi connectivity index (χ3v) is 3.75. The molecule has 0 aliphatic heterocycles. The van der Waals surface area contributed by atoms with Crippen LogP contribution in [0, 0.1) is 5.82 Å². The van der Waals surface area contributed by atoms with Gasteiger partial charge in [-0.05, 0) is 30.5 Å². The van der Waals surface area contributed by atoms with Gasteiger partial charge in [0, 0.05) is 32.5 Å². The van der Waals surface area contributed by atoms with E-state index in [1.165, 1.54) is 0 Å². The number of anilines is 1. The summed E-state index contributed by atoms with van der Waals surface area (Å²) in [6.07, 6.45) is 5.22. The topological polar surface area (TPSA) is 47.1 Å². The molecule has 0 fully saturated rings. The molecule has 0 aliphatic rings. The zero-order chi connectivity index (χ0) is 15.4. The molecule has 1 heterocycles. The fourth-order valence-electron chi connectivity index (χ4n) is 2.28. The van der Waals surface area contributed by atoms with Gasteiger partial charge in [-0.1, -0.05) is 13.0 Å². The van der Waals surface area contributed by atoms with E-state index in [0.717, 1.165) is 17.8 Å². The highest BCUT2D eigenvalue weighted by Crippen LogP contribution is 2.21. The minimum Gasteiger partial charge on any atom is -0.365 e. The summed E-state index contributed by atoms with van der Waals surface area (Å²) in [6.45, 7) is 2.60. The van der Waals surface area contributed by atoms with Crippen LogP contribution in [0.3, 0.4) is 0 Å². The average molecular weight is 290 g/mol. The van der Waals surface area contributed by atoms with Crippen molar-refractivity contribution >= 4 is 5.69 Å². The Bertz CT molecular complexity index is 594. The van der Waals surface area contributed by atoms with Crippen LogP contribution in [0.1, 0.15) is 24.7 Å². The summed E-state index contributed by atoms with van der Waals surface area (Å²) in [5.41, 5.74) is 7.43. The second-order valence-corrected chi connectivity index (χ2v) is 5.47. The fourth-order valence-corrected chi connectivity index (χ4v) is 2.28. The molecular weight excluding hydrogens is 267 g/mol. The Morgan fingerprint density at radius 3 is 2.76 bits per heavy atom. The predicted octanol–water partition coefficient (Wildman–Crippen LogP) is 2.48. The molecule has 0 amide bonds. The number of aryl methyl sites for hydroxylation is 1. The van der Waals surface area contributed by atoms with Crippen LogP contribution < -0.4 is 10.6 Å². The van der Waals surface area contributed by atoms with Gasteiger partial charge in [0.1, 0.15) is 11.6 Å². The molecule has 21 heavy (non-hydrogen) atoms. The van der Waals surface area contributed by atoms with Gasteiger partial charge in [-0.25, -0.2) is 9.37 Å². The van der Waals surface area contributed by atoms with Crippen molar-refractivity contribution < 1.29 is 4.39 Å². The Morgan fingerprint density at radius 1 is 1.43 bits per heavy atom. The first-order valence-corrected chi connectivity index (χ1v) is 7.22. The van der Waals surface area contributed by atoms with Gasteiger partial charge < -0.3 is 15.2 Å². The Labute approximate surface area is 125 Å². The minimum absolute atomic E-state index is 0.0838. The number of nitrogens with zero attached hydrogens (tertiary/aromatic N) is 3. The molecule has 2 rings (SSSR count). The smallest absolute Gasteiger partial charge is 0.146 e. The lowest BCUT2D eigenvalue weighted by molar-refractivity contribution is 0.608. The standard InChI is InChI=1S/C16H23FN4/c1-4-13(18)9-12-5-6-15(14(17)10-12)21(3)11-16-19-7-8-20(16)2/h5-8,10,13H,4,9,11,18H2,1-3H3. The molecule has 2 N–H and O–H groups in total. The average Bonchev–Trinajstić information content (AvgIpc) is 2.84. The summed E-state index contributed by atoms with van der Waals surface area (Å²) < 4.78 is 16.2. The van der Waals surface area contributed by atoms with Crippen molar-refractivity contribution in [2.24, 2.45) is 12.8 Å². The van der Waals surface area contributed by atoms with Gasteiger partial charge >= 0.3 is 0 Å². The summed E-state index contributed by atoms with van der Waals surface area (Å²) in [7, 11) is 3.80. The summed E-state index contributed by atoms with van der Waals surface area (Å²) in [5, 5.41) is 0. The third kappa shape index (κ3) is 3.82. The second-order valence-electron chi connectivity index (χ2n) is 5.47. The molecule has 4 nitrogen and oxygen atoms in total. The third-order valence-electron chi connectivity index (χ3n) is 3.75. The SMILES string of the molecule is CCC(N)Cc1ccc(N(C)Cc2nccn2C)c(F)c1. The molecule has 1 unspecified atom stereocenters. The minimum atomic E-state index is -0.215. The molecule has 0 radical (unpaired) electrons. The van der Waals surface area contributed by atoms with Gasteiger partial charge in [0.05, 0.1) is 12.2 Å². The number of imidazole rings is 1. The van der Waals surface area contributed by atoms with Crippen molar-refractivity contribution in [1.82, 2.24) is 9.55 Å².